The van der Waals surface area contributed by atoms with Crippen LogP contribution in [0.3, 0.4) is 0 Å². The van der Waals surface area contributed by atoms with Gasteiger partial charge in [0.1, 0.15) is 0 Å². The van der Waals surface area contributed by atoms with Crippen molar-refractivity contribution in [3.8, 4) is 17.2 Å². The highest BCUT2D eigenvalue weighted by molar-refractivity contribution is 6.09. The Morgan fingerprint density at radius 2 is 1.67 bits per heavy atom. The van der Waals surface area contributed by atoms with Crippen LogP contribution in [0.5, 0.6) is 0 Å². The van der Waals surface area contributed by atoms with Gasteiger partial charge in [0.2, 0.25) is 5.91 Å². The lowest BCUT2D eigenvalue weighted by atomic mass is 9.95. The fourth-order valence-corrected chi connectivity index (χ4v) is 3.34. The molecule has 0 bridgehead atoms. The van der Waals surface area contributed by atoms with Crippen LogP contribution in [0.2, 0.25) is 0 Å². The van der Waals surface area contributed by atoms with Crippen molar-refractivity contribution in [3.05, 3.63) is 89.5 Å². The maximum atomic E-state index is 13.0. The smallest absolute Gasteiger partial charge is 0.256 e. The predicted molar refractivity (Wildman–Crippen MR) is 118 cm³/mol. The second-order valence-corrected chi connectivity index (χ2v) is 6.89. The molecule has 0 unspecified atom stereocenters. The van der Waals surface area contributed by atoms with Crippen LogP contribution in [0.25, 0.3) is 11.1 Å². The first-order chi connectivity index (χ1) is 14.5. The Morgan fingerprint density at radius 3 is 2.37 bits per heavy atom. The van der Waals surface area contributed by atoms with Crippen LogP contribution in [-0.2, 0) is 11.3 Å². The monoisotopic (exact) mass is 397 g/mol. The highest BCUT2D eigenvalue weighted by atomic mass is 16.2. The average molecular weight is 397 g/mol. The Bertz CT molecular complexity index is 1120. The van der Waals surface area contributed by atoms with Crippen LogP contribution < -0.4 is 5.32 Å². The van der Waals surface area contributed by atoms with Gasteiger partial charge < -0.3 is 10.2 Å². The summed E-state index contributed by atoms with van der Waals surface area (Å²) in [5, 5.41) is 12.4. The summed E-state index contributed by atoms with van der Waals surface area (Å²) in [4.78, 5) is 26.5. The summed E-state index contributed by atoms with van der Waals surface area (Å²) < 4.78 is 0. The molecular formula is C25H23N3O2. The molecule has 3 aromatic carbocycles. The third-order valence-electron chi connectivity index (χ3n) is 4.89. The lowest BCUT2D eigenvalue weighted by Crippen LogP contribution is -2.27. The maximum Gasteiger partial charge on any atom is 0.256 e. The van der Waals surface area contributed by atoms with E-state index in [4.69, 9.17) is 0 Å². The second-order valence-electron chi connectivity index (χ2n) is 6.89. The van der Waals surface area contributed by atoms with E-state index in [1.807, 2.05) is 55.5 Å². The van der Waals surface area contributed by atoms with E-state index in [2.05, 4.69) is 11.4 Å². The molecule has 0 saturated heterocycles. The average Bonchev–Trinajstić information content (AvgIpc) is 2.77. The minimum absolute atomic E-state index is 0.0111. The van der Waals surface area contributed by atoms with Crippen molar-refractivity contribution >= 4 is 17.5 Å². The van der Waals surface area contributed by atoms with Crippen LogP contribution in [0, 0.1) is 11.3 Å². The highest BCUT2D eigenvalue weighted by Gasteiger charge is 2.15. The zero-order valence-electron chi connectivity index (χ0n) is 17.1. The fourth-order valence-electron chi connectivity index (χ4n) is 3.34. The molecule has 0 aliphatic heterocycles. The normalized spacial score (nSPS) is 10.2. The van der Waals surface area contributed by atoms with Gasteiger partial charge in [-0.15, -0.1) is 0 Å². The zero-order valence-corrected chi connectivity index (χ0v) is 17.1. The number of carbonyl (C=O) groups is 2. The lowest BCUT2D eigenvalue weighted by Gasteiger charge is -2.19. The van der Waals surface area contributed by atoms with Crippen molar-refractivity contribution in [2.45, 2.75) is 20.4 Å². The van der Waals surface area contributed by atoms with Crippen molar-refractivity contribution < 1.29 is 9.59 Å². The summed E-state index contributed by atoms with van der Waals surface area (Å²) in [5.74, 6) is -0.244. The molecule has 1 N–H and O–H groups in total. The third-order valence-corrected chi connectivity index (χ3v) is 4.89. The first-order valence-corrected chi connectivity index (χ1v) is 9.77. The van der Waals surface area contributed by atoms with Gasteiger partial charge in [-0.25, -0.2) is 0 Å². The second kappa shape index (κ2) is 9.53. The minimum Gasteiger partial charge on any atom is -0.339 e. The van der Waals surface area contributed by atoms with Crippen LogP contribution in [0.1, 0.15) is 35.3 Å². The first-order valence-electron chi connectivity index (χ1n) is 9.77. The number of hydrogen-bond donors (Lipinski definition) is 1. The highest BCUT2D eigenvalue weighted by Crippen LogP contribution is 2.27. The van der Waals surface area contributed by atoms with Gasteiger partial charge in [-0.1, -0.05) is 48.5 Å². The maximum absolute atomic E-state index is 13.0. The molecule has 0 saturated carbocycles. The topological polar surface area (TPSA) is 73.2 Å². The number of carbonyl (C=O) groups excluding carboxylic acids is 2. The Morgan fingerprint density at radius 1 is 0.967 bits per heavy atom. The Labute approximate surface area is 176 Å². The quantitative estimate of drug-likeness (QED) is 0.646. The van der Waals surface area contributed by atoms with Crippen molar-refractivity contribution in [1.82, 2.24) is 4.90 Å². The van der Waals surface area contributed by atoms with Gasteiger partial charge in [-0.2, -0.15) is 5.26 Å². The van der Waals surface area contributed by atoms with Crippen molar-refractivity contribution in [3.63, 3.8) is 0 Å². The number of nitrogens with one attached hydrogen (secondary N) is 1. The number of benzene rings is 3. The molecule has 2 amide bonds. The summed E-state index contributed by atoms with van der Waals surface area (Å²) in [6.07, 6.45) is 0. The molecule has 0 radical (unpaired) electrons. The molecule has 150 valence electrons. The van der Waals surface area contributed by atoms with E-state index in [0.717, 1.165) is 11.1 Å². The van der Waals surface area contributed by atoms with Crippen LogP contribution in [-0.4, -0.2) is 23.3 Å². The standard InChI is InChI=1S/C25H23N3O2/c1-3-28(18(2)29)17-19-9-8-11-21(15-19)27-25(30)24-14-7-6-13-23(24)22-12-5-4-10-20(22)16-26/h4-15H,3,17H2,1-2H3,(H,27,30). The van der Waals surface area contributed by atoms with Crippen molar-refractivity contribution in [2.75, 3.05) is 11.9 Å². The number of nitriles is 1. The van der Waals surface area contributed by atoms with Gasteiger partial charge >= 0.3 is 0 Å². The fraction of sp³-hybridized carbons (Fsp3) is 0.160. The predicted octanol–water partition coefficient (Wildman–Crippen LogP) is 4.85. The van der Waals surface area contributed by atoms with Gasteiger partial charge in [0.05, 0.1) is 11.6 Å². The molecule has 5 heteroatoms. The van der Waals surface area contributed by atoms with E-state index in [0.29, 0.717) is 35.5 Å². The molecule has 0 spiro atoms. The van der Waals surface area contributed by atoms with Crippen LogP contribution in [0.4, 0.5) is 5.69 Å². The van der Waals surface area contributed by atoms with Gasteiger partial charge in [0, 0.05) is 36.8 Å². The van der Waals surface area contributed by atoms with E-state index in [1.165, 1.54) is 0 Å². The molecule has 5 nitrogen and oxygen atoms in total. The van der Waals surface area contributed by atoms with E-state index < -0.39 is 0 Å². The third kappa shape index (κ3) is 4.73. The van der Waals surface area contributed by atoms with Gasteiger partial charge in [-0.3, -0.25) is 9.59 Å². The minimum atomic E-state index is -0.255. The SMILES string of the molecule is CCN(Cc1cccc(NC(=O)c2ccccc2-c2ccccc2C#N)c1)C(C)=O. The van der Waals surface area contributed by atoms with E-state index in [1.54, 1.807) is 36.1 Å². The number of nitrogens with zero attached hydrogens (tertiary/aromatic N) is 2. The summed E-state index contributed by atoms with van der Waals surface area (Å²) in [6.45, 7) is 4.59. The van der Waals surface area contributed by atoms with Gasteiger partial charge in [0.25, 0.3) is 5.91 Å². The van der Waals surface area contributed by atoms with Crippen molar-refractivity contribution in [2.24, 2.45) is 0 Å². The molecule has 30 heavy (non-hydrogen) atoms. The van der Waals surface area contributed by atoms with Crippen LogP contribution >= 0.6 is 0 Å². The Balaban J connectivity index is 1.87. The molecule has 0 atom stereocenters. The molecule has 3 aromatic rings. The van der Waals surface area contributed by atoms with E-state index >= 15 is 0 Å². The molecule has 3 rings (SSSR count). The summed E-state index contributed by atoms with van der Waals surface area (Å²) >= 11 is 0. The molecule has 0 aromatic heterocycles. The zero-order chi connectivity index (χ0) is 21.5. The number of amides is 2. The number of anilines is 1. The summed E-state index contributed by atoms with van der Waals surface area (Å²) in [5.41, 5.74) is 4.03. The molecule has 0 aliphatic rings. The van der Waals surface area contributed by atoms with Crippen LogP contribution in [0.15, 0.2) is 72.8 Å². The molecule has 0 aliphatic carbocycles. The molecule has 0 heterocycles. The van der Waals surface area contributed by atoms with E-state index in [-0.39, 0.29) is 11.8 Å². The lowest BCUT2D eigenvalue weighted by molar-refractivity contribution is -0.129. The van der Waals surface area contributed by atoms with Gasteiger partial charge in [-0.05, 0) is 42.3 Å². The Hall–Kier alpha value is -3.91. The molecule has 0 fully saturated rings. The van der Waals surface area contributed by atoms with E-state index in [9.17, 15) is 14.9 Å². The first kappa shape index (κ1) is 20.8. The number of hydrogen-bond acceptors (Lipinski definition) is 3. The summed E-state index contributed by atoms with van der Waals surface area (Å²) in [6, 6.07) is 24.1. The largest absolute Gasteiger partial charge is 0.339 e. The Kier molecular flexibility index (Phi) is 6.61. The van der Waals surface area contributed by atoms with Crippen molar-refractivity contribution in [1.29, 1.82) is 5.26 Å². The summed E-state index contributed by atoms with van der Waals surface area (Å²) in [7, 11) is 0. The number of rotatable bonds is 6. The van der Waals surface area contributed by atoms with Gasteiger partial charge in [0.15, 0.2) is 0 Å². The molecular weight excluding hydrogens is 374 g/mol.